The largest absolute Gasteiger partial charge is 0.496 e. The van der Waals surface area contributed by atoms with Crippen LogP contribution in [0.4, 0.5) is 0 Å². The molecule has 0 spiro atoms. The summed E-state index contributed by atoms with van der Waals surface area (Å²) in [6, 6.07) is 19.8. The zero-order valence-electron chi connectivity index (χ0n) is 15.6. The van der Waals surface area contributed by atoms with E-state index < -0.39 is 6.10 Å². The van der Waals surface area contributed by atoms with Crippen molar-refractivity contribution in [2.75, 3.05) is 13.7 Å². The van der Waals surface area contributed by atoms with Gasteiger partial charge < -0.3 is 19.1 Å². The highest BCUT2D eigenvalue weighted by Crippen LogP contribution is 2.28. The molecule has 0 bridgehead atoms. The Kier molecular flexibility index (Phi) is 5.71. The Balaban J connectivity index is 1.48. The van der Waals surface area contributed by atoms with Crippen molar-refractivity contribution in [2.24, 2.45) is 0 Å². The van der Waals surface area contributed by atoms with Crippen LogP contribution in [-0.4, -0.2) is 34.5 Å². The fourth-order valence-corrected chi connectivity index (χ4v) is 3.97. The summed E-state index contributed by atoms with van der Waals surface area (Å²) in [5.74, 6) is 1.66. The lowest BCUT2D eigenvalue weighted by molar-refractivity contribution is 0.0205. The van der Waals surface area contributed by atoms with E-state index in [2.05, 4.69) is 4.57 Å². The fourth-order valence-electron chi connectivity index (χ4n) is 3.24. The van der Waals surface area contributed by atoms with Gasteiger partial charge in [0.15, 0.2) is 5.82 Å². The molecule has 6 heteroatoms. The Morgan fingerprint density at radius 2 is 1.89 bits per heavy atom. The number of hydrogen-bond donors (Lipinski definition) is 1. The first-order valence-electron chi connectivity index (χ1n) is 9.13. The van der Waals surface area contributed by atoms with Crippen molar-refractivity contribution in [1.82, 2.24) is 9.55 Å². The fraction of sp³-hybridized carbons (Fsp3) is 0.227. The summed E-state index contributed by atoms with van der Waals surface area (Å²) in [6.07, 6.45) is -0.647. The highest BCUT2D eigenvalue weighted by molar-refractivity contribution is 7.13. The van der Waals surface area contributed by atoms with Gasteiger partial charge in [-0.3, -0.25) is 0 Å². The van der Waals surface area contributed by atoms with Crippen molar-refractivity contribution in [1.29, 1.82) is 0 Å². The lowest BCUT2D eigenvalue weighted by Gasteiger charge is -2.15. The summed E-state index contributed by atoms with van der Waals surface area (Å²) in [5, 5.41) is 12.6. The SMILES string of the molecule is COc1ccccc1COC[C@H](O)Cn1c(-c2cccs2)nc2ccccc21. The van der Waals surface area contributed by atoms with Crippen LogP contribution >= 0.6 is 11.3 Å². The highest BCUT2D eigenvalue weighted by atomic mass is 32.1. The molecule has 5 nitrogen and oxygen atoms in total. The molecule has 0 saturated heterocycles. The van der Waals surface area contributed by atoms with E-state index >= 15 is 0 Å². The molecule has 0 aliphatic carbocycles. The maximum atomic E-state index is 10.6. The number of nitrogens with zero attached hydrogens (tertiary/aromatic N) is 2. The Morgan fingerprint density at radius 3 is 2.71 bits per heavy atom. The molecule has 28 heavy (non-hydrogen) atoms. The normalized spacial score (nSPS) is 12.4. The number of aliphatic hydroxyl groups is 1. The van der Waals surface area contributed by atoms with Gasteiger partial charge in [-0.25, -0.2) is 4.98 Å². The van der Waals surface area contributed by atoms with Crippen molar-refractivity contribution < 1.29 is 14.6 Å². The molecular formula is C22H22N2O3S. The van der Waals surface area contributed by atoms with E-state index in [-0.39, 0.29) is 6.61 Å². The molecule has 0 fully saturated rings. The third kappa shape index (κ3) is 3.94. The van der Waals surface area contributed by atoms with Crippen molar-refractivity contribution in [3.63, 3.8) is 0 Å². The molecule has 0 aliphatic heterocycles. The van der Waals surface area contributed by atoms with E-state index in [1.807, 2.05) is 66.0 Å². The number of thiophene rings is 1. The first kappa shape index (κ1) is 18.7. The molecule has 2 heterocycles. The number of para-hydroxylation sites is 3. The highest BCUT2D eigenvalue weighted by Gasteiger charge is 2.16. The Labute approximate surface area is 167 Å². The Bertz CT molecular complexity index is 1040. The molecular weight excluding hydrogens is 372 g/mol. The molecule has 0 aliphatic rings. The summed E-state index contributed by atoms with van der Waals surface area (Å²) in [7, 11) is 1.64. The van der Waals surface area contributed by atoms with Gasteiger partial charge in [0.2, 0.25) is 0 Å². The van der Waals surface area contributed by atoms with Crippen molar-refractivity contribution in [2.45, 2.75) is 19.3 Å². The minimum absolute atomic E-state index is 0.231. The number of rotatable bonds is 8. The molecule has 0 radical (unpaired) electrons. The van der Waals surface area contributed by atoms with Crippen LogP contribution < -0.4 is 4.74 Å². The van der Waals surface area contributed by atoms with E-state index in [9.17, 15) is 5.11 Å². The molecule has 2 aromatic heterocycles. The van der Waals surface area contributed by atoms with E-state index in [1.54, 1.807) is 18.4 Å². The van der Waals surface area contributed by atoms with Gasteiger partial charge in [-0.15, -0.1) is 11.3 Å². The van der Waals surface area contributed by atoms with Gasteiger partial charge in [0, 0.05) is 5.56 Å². The second-order valence-corrected chi connectivity index (χ2v) is 7.44. The van der Waals surface area contributed by atoms with Crippen LogP contribution in [0.1, 0.15) is 5.56 Å². The van der Waals surface area contributed by atoms with Gasteiger partial charge in [-0.1, -0.05) is 36.4 Å². The van der Waals surface area contributed by atoms with Crippen LogP contribution in [-0.2, 0) is 17.9 Å². The average molecular weight is 394 g/mol. The third-order valence-corrected chi connectivity index (χ3v) is 5.42. The standard InChI is InChI=1S/C22H22N2O3S/c1-26-20-10-5-2-7-16(20)14-27-15-17(25)13-24-19-9-4-3-8-18(19)23-22(24)21-11-6-12-28-21/h2-12,17,25H,13-15H2,1H3/t17-/m1/s1. The second-order valence-electron chi connectivity index (χ2n) is 6.49. The number of benzene rings is 2. The first-order chi connectivity index (χ1) is 13.8. The molecule has 0 unspecified atom stereocenters. The number of imidazole rings is 1. The molecule has 0 saturated carbocycles. The smallest absolute Gasteiger partial charge is 0.151 e. The molecule has 1 atom stereocenters. The minimum atomic E-state index is -0.647. The van der Waals surface area contributed by atoms with E-state index in [4.69, 9.17) is 14.5 Å². The molecule has 0 amide bonds. The molecule has 1 N–H and O–H groups in total. The van der Waals surface area contributed by atoms with E-state index in [0.717, 1.165) is 33.0 Å². The van der Waals surface area contributed by atoms with Gasteiger partial charge in [0.25, 0.3) is 0 Å². The number of aromatic nitrogens is 2. The van der Waals surface area contributed by atoms with Crippen LogP contribution in [0.3, 0.4) is 0 Å². The van der Waals surface area contributed by atoms with Gasteiger partial charge in [0.1, 0.15) is 5.75 Å². The van der Waals surface area contributed by atoms with Crippen LogP contribution in [0.15, 0.2) is 66.0 Å². The lowest BCUT2D eigenvalue weighted by atomic mass is 10.2. The van der Waals surface area contributed by atoms with Gasteiger partial charge in [-0.2, -0.15) is 0 Å². The summed E-state index contributed by atoms with van der Waals surface area (Å²) in [4.78, 5) is 5.85. The molecule has 4 aromatic rings. The molecule has 144 valence electrons. The quantitative estimate of drug-likeness (QED) is 0.483. The third-order valence-electron chi connectivity index (χ3n) is 4.55. The maximum Gasteiger partial charge on any atom is 0.151 e. The number of methoxy groups -OCH3 is 1. The number of ether oxygens (including phenoxy) is 2. The van der Waals surface area contributed by atoms with Crippen LogP contribution in [0.2, 0.25) is 0 Å². The van der Waals surface area contributed by atoms with Crippen molar-refractivity contribution in [3.8, 4) is 16.5 Å². The van der Waals surface area contributed by atoms with Gasteiger partial charge in [-0.05, 0) is 29.6 Å². The van der Waals surface area contributed by atoms with Crippen LogP contribution in [0, 0.1) is 0 Å². The zero-order valence-corrected chi connectivity index (χ0v) is 16.4. The maximum absolute atomic E-state index is 10.6. The minimum Gasteiger partial charge on any atom is -0.496 e. The summed E-state index contributed by atoms with van der Waals surface area (Å²) in [5.41, 5.74) is 2.90. The number of hydrogen-bond acceptors (Lipinski definition) is 5. The molecule has 2 aromatic carbocycles. The van der Waals surface area contributed by atoms with Crippen molar-refractivity contribution >= 4 is 22.4 Å². The molecule has 4 rings (SSSR count). The van der Waals surface area contributed by atoms with E-state index in [0.29, 0.717) is 13.2 Å². The van der Waals surface area contributed by atoms with Crippen LogP contribution in [0.5, 0.6) is 5.75 Å². The lowest BCUT2D eigenvalue weighted by Crippen LogP contribution is -2.22. The van der Waals surface area contributed by atoms with E-state index in [1.165, 1.54) is 0 Å². The second kappa shape index (κ2) is 8.56. The number of aliphatic hydroxyl groups excluding tert-OH is 1. The predicted molar refractivity (Wildman–Crippen MR) is 112 cm³/mol. The van der Waals surface area contributed by atoms with Gasteiger partial charge in [0.05, 0.1) is 48.9 Å². The monoisotopic (exact) mass is 394 g/mol. The predicted octanol–water partition coefficient (Wildman–Crippen LogP) is 4.35. The first-order valence-corrected chi connectivity index (χ1v) is 10.0. The van der Waals surface area contributed by atoms with Gasteiger partial charge >= 0.3 is 0 Å². The topological polar surface area (TPSA) is 56.5 Å². The summed E-state index contributed by atoms with van der Waals surface area (Å²) < 4.78 is 13.2. The van der Waals surface area contributed by atoms with Crippen LogP contribution in [0.25, 0.3) is 21.7 Å². The Hall–Kier alpha value is -2.67. The van der Waals surface area contributed by atoms with Crippen molar-refractivity contribution in [3.05, 3.63) is 71.6 Å². The number of fused-ring (bicyclic) bond motifs is 1. The summed E-state index contributed by atoms with van der Waals surface area (Å²) in [6.45, 7) is 1.04. The summed E-state index contributed by atoms with van der Waals surface area (Å²) >= 11 is 1.64. The Morgan fingerprint density at radius 1 is 1.07 bits per heavy atom. The zero-order chi connectivity index (χ0) is 19.3. The average Bonchev–Trinajstić information content (AvgIpc) is 3.37.